The van der Waals surface area contributed by atoms with Gasteiger partial charge < -0.3 is 0 Å². The fraction of sp³-hybridized carbons (Fsp3) is 0.429. The molecule has 0 spiro atoms. The summed E-state index contributed by atoms with van der Waals surface area (Å²) in [6, 6.07) is 0.425. The Morgan fingerprint density at radius 2 is 2.38 bits per heavy atom. The first-order chi connectivity index (χ1) is 6.36. The Labute approximate surface area is 72.6 Å². The Morgan fingerprint density at radius 1 is 1.54 bits per heavy atom. The molecule has 0 saturated heterocycles. The molecule has 1 N–H and O–H groups in total. The zero-order valence-corrected chi connectivity index (χ0v) is 6.77. The molecule has 1 fully saturated rings. The van der Waals surface area contributed by atoms with E-state index in [1.54, 1.807) is 10.9 Å². The van der Waals surface area contributed by atoms with Crippen LogP contribution in [0.2, 0.25) is 0 Å². The van der Waals surface area contributed by atoms with Gasteiger partial charge in [-0.05, 0) is 12.8 Å². The lowest BCUT2D eigenvalue weighted by atomic mass is 10.4. The zero-order valence-electron chi connectivity index (χ0n) is 6.77. The van der Waals surface area contributed by atoms with Crippen molar-refractivity contribution in [2.45, 2.75) is 18.9 Å². The number of nitrogens with one attached hydrogen (secondary N) is 1. The van der Waals surface area contributed by atoms with Gasteiger partial charge in [-0.2, -0.15) is 5.10 Å². The molecule has 1 saturated carbocycles. The van der Waals surface area contributed by atoms with E-state index in [9.17, 15) is 4.79 Å². The van der Waals surface area contributed by atoms with E-state index in [1.807, 2.05) is 0 Å². The maximum absolute atomic E-state index is 11.2. The van der Waals surface area contributed by atoms with Gasteiger partial charge in [-0.1, -0.05) is 5.21 Å². The first-order valence-electron chi connectivity index (χ1n) is 4.15. The van der Waals surface area contributed by atoms with E-state index in [-0.39, 0.29) is 5.56 Å². The van der Waals surface area contributed by atoms with Crippen LogP contribution >= 0.6 is 0 Å². The first-order valence-corrected chi connectivity index (χ1v) is 4.15. The van der Waals surface area contributed by atoms with E-state index in [1.165, 1.54) is 0 Å². The molecule has 3 rings (SSSR count). The van der Waals surface area contributed by atoms with Crippen LogP contribution < -0.4 is 5.56 Å². The summed E-state index contributed by atoms with van der Waals surface area (Å²) in [6.07, 6.45) is 3.78. The topological polar surface area (TPSA) is 76.5 Å². The molecule has 0 unspecified atom stereocenters. The predicted octanol–water partition coefficient (Wildman–Crippen LogP) is -0.151. The second kappa shape index (κ2) is 2.15. The molecule has 66 valence electrons. The van der Waals surface area contributed by atoms with Gasteiger partial charge in [0.15, 0.2) is 5.65 Å². The van der Waals surface area contributed by atoms with Gasteiger partial charge in [0.05, 0.1) is 12.2 Å². The molecule has 13 heavy (non-hydrogen) atoms. The minimum absolute atomic E-state index is 0.225. The summed E-state index contributed by atoms with van der Waals surface area (Å²) >= 11 is 0. The van der Waals surface area contributed by atoms with E-state index in [2.05, 4.69) is 20.5 Å². The SMILES string of the molecule is O=c1[nH]nnc2c1cnn2C1CC1. The quantitative estimate of drug-likeness (QED) is 0.657. The third-order valence-electron chi connectivity index (χ3n) is 2.20. The molecule has 2 aromatic heterocycles. The fourth-order valence-corrected chi connectivity index (χ4v) is 1.38. The maximum atomic E-state index is 11.2. The number of H-pyrrole nitrogens is 1. The fourth-order valence-electron chi connectivity index (χ4n) is 1.38. The third-order valence-corrected chi connectivity index (χ3v) is 2.20. The van der Waals surface area contributed by atoms with Gasteiger partial charge in [-0.15, -0.1) is 5.10 Å². The first kappa shape index (κ1) is 6.76. The molecule has 0 amide bonds. The maximum Gasteiger partial charge on any atom is 0.278 e. The van der Waals surface area contributed by atoms with Crippen LogP contribution in [0.25, 0.3) is 11.0 Å². The van der Waals surface area contributed by atoms with Crippen LogP contribution in [0.5, 0.6) is 0 Å². The van der Waals surface area contributed by atoms with Crippen LogP contribution in [-0.4, -0.2) is 25.2 Å². The van der Waals surface area contributed by atoms with Crippen molar-refractivity contribution in [1.82, 2.24) is 25.2 Å². The lowest BCUT2D eigenvalue weighted by Crippen LogP contribution is -2.10. The van der Waals surface area contributed by atoms with Crippen molar-refractivity contribution in [3.63, 3.8) is 0 Å². The lowest BCUT2D eigenvalue weighted by Gasteiger charge is -1.95. The van der Waals surface area contributed by atoms with Crippen molar-refractivity contribution in [2.75, 3.05) is 0 Å². The molecule has 2 aromatic rings. The normalized spacial score (nSPS) is 16.6. The highest BCUT2D eigenvalue weighted by atomic mass is 16.1. The van der Waals surface area contributed by atoms with E-state index >= 15 is 0 Å². The van der Waals surface area contributed by atoms with Crippen molar-refractivity contribution in [3.8, 4) is 0 Å². The minimum Gasteiger partial charge on any atom is -0.267 e. The second-order valence-electron chi connectivity index (χ2n) is 3.20. The number of hydrogen-bond acceptors (Lipinski definition) is 4. The van der Waals surface area contributed by atoms with Crippen molar-refractivity contribution in [1.29, 1.82) is 0 Å². The monoisotopic (exact) mass is 177 g/mol. The van der Waals surface area contributed by atoms with E-state index < -0.39 is 0 Å². The molecule has 6 nitrogen and oxygen atoms in total. The average molecular weight is 177 g/mol. The van der Waals surface area contributed by atoms with E-state index in [0.29, 0.717) is 17.1 Å². The zero-order chi connectivity index (χ0) is 8.84. The van der Waals surface area contributed by atoms with Crippen LogP contribution in [-0.2, 0) is 0 Å². The van der Waals surface area contributed by atoms with Crippen LogP contribution in [0.15, 0.2) is 11.0 Å². The molecule has 1 aliphatic rings. The summed E-state index contributed by atoms with van der Waals surface area (Å²) in [5, 5.41) is 14.3. The molecule has 0 aromatic carbocycles. The molecule has 2 heterocycles. The Morgan fingerprint density at radius 3 is 3.15 bits per heavy atom. The number of rotatable bonds is 1. The van der Waals surface area contributed by atoms with Gasteiger partial charge in [0.1, 0.15) is 5.39 Å². The van der Waals surface area contributed by atoms with Crippen molar-refractivity contribution in [2.24, 2.45) is 0 Å². The summed E-state index contributed by atoms with van der Waals surface area (Å²) in [5.41, 5.74) is 0.364. The summed E-state index contributed by atoms with van der Waals surface area (Å²) in [5.74, 6) is 0. The highest BCUT2D eigenvalue weighted by Gasteiger charge is 2.26. The highest BCUT2D eigenvalue weighted by Crippen LogP contribution is 2.35. The molecule has 0 radical (unpaired) electrons. The van der Waals surface area contributed by atoms with Gasteiger partial charge >= 0.3 is 0 Å². The Balaban J connectivity index is 2.38. The summed E-state index contributed by atoms with van der Waals surface area (Å²) in [6.45, 7) is 0. The van der Waals surface area contributed by atoms with Crippen LogP contribution in [0.3, 0.4) is 0 Å². The van der Waals surface area contributed by atoms with Gasteiger partial charge in [-0.3, -0.25) is 4.79 Å². The summed E-state index contributed by atoms with van der Waals surface area (Å²) < 4.78 is 1.78. The number of hydrogen-bond donors (Lipinski definition) is 1. The second-order valence-corrected chi connectivity index (χ2v) is 3.20. The summed E-state index contributed by atoms with van der Waals surface area (Å²) in [7, 11) is 0. The number of aromatic amines is 1. The molecule has 0 aliphatic heterocycles. The number of aromatic nitrogens is 5. The van der Waals surface area contributed by atoms with E-state index in [4.69, 9.17) is 0 Å². The van der Waals surface area contributed by atoms with Gasteiger partial charge in [-0.25, -0.2) is 9.78 Å². The molecule has 0 bridgehead atoms. The smallest absolute Gasteiger partial charge is 0.267 e. The molecule has 0 atom stereocenters. The van der Waals surface area contributed by atoms with Crippen molar-refractivity contribution >= 4 is 11.0 Å². The van der Waals surface area contributed by atoms with Gasteiger partial charge in [0.2, 0.25) is 0 Å². The lowest BCUT2D eigenvalue weighted by molar-refractivity contribution is 0.650. The minimum atomic E-state index is -0.225. The molecular formula is C7H7N5O. The van der Waals surface area contributed by atoms with E-state index in [0.717, 1.165) is 12.8 Å². The van der Waals surface area contributed by atoms with Gasteiger partial charge in [0.25, 0.3) is 5.56 Å². The van der Waals surface area contributed by atoms with Crippen LogP contribution in [0, 0.1) is 0 Å². The van der Waals surface area contributed by atoms with Crippen LogP contribution in [0.1, 0.15) is 18.9 Å². The van der Waals surface area contributed by atoms with Crippen molar-refractivity contribution in [3.05, 3.63) is 16.6 Å². The number of fused-ring (bicyclic) bond motifs is 1. The highest BCUT2D eigenvalue weighted by molar-refractivity contribution is 5.72. The largest absolute Gasteiger partial charge is 0.278 e. The number of nitrogens with zero attached hydrogens (tertiary/aromatic N) is 4. The Hall–Kier alpha value is -1.72. The molecule has 1 aliphatic carbocycles. The third kappa shape index (κ3) is 0.881. The predicted molar refractivity (Wildman–Crippen MR) is 44.2 cm³/mol. The van der Waals surface area contributed by atoms with Crippen molar-refractivity contribution < 1.29 is 0 Å². The Bertz CT molecular complexity index is 509. The molecule has 6 heteroatoms. The van der Waals surface area contributed by atoms with Crippen LogP contribution in [0.4, 0.5) is 0 Å². The van der Waals surface area contributed by atoms with Gasteiger partial charge in [0, 0.05) is 0 Å². The standard InChI is InChI=1S/C7H7N5O/c13-7-5-3-8-12(4-1-2-4)6(5)9-11-10-7/h3-4H,1-2H2,(H,9,10,13). The summed E-state index contributed by atoms with van der Waals surface area (Å²) in [4.78, 5) is 11.2. The Kier molecular flexibility index (Phi) is 1.12. The molecular weight excluding hydrogens is 170 g/mol. The average Bonchev–Trinajstić information content (AvgIpc) is 2.87.